The molecule has 2 heterocycles. The number of aryl methyl sites for hydroxylation is 1. The Morgan fingerprint density at radius 2 is 2.16 bits per heavy atom. The normalized spacial score (nSPS) is 16.8. The van der Waals surface area contributed by atoms with Crippen molar-refractivity contribution in [1.29, 1.82) is 0 Å². The molecule has 0 saturated carbocycles. The van der Waals surface area contributed by atoms with E-state index in [4.69, 9.17) is 13.9 Å². The van der Waals surface area contributed by atoms with Crippen LogP contribution in [0.25, 0.3) is 11.5 Å². The molecule has 1 N–H and O–H groups in total. The molecule has 1 fully saturated rings. The van der Waals surface area contributed by atoms with E-state index in [2.05, 4.69) is 22.4 Å². The minimum absolute atomic E-state index is 0.0206. The van der Waals surface area contributed by atoms with Gasteiger partial charge in [0.25, 0.3) is 5.91 Å². The first-order valence-electron chi connectivity index (χ1n) is 8.68. The summed E-state index contributed by atoms with van der Waals surface area (Å²) in [6, 6.07) is 7.24. The van der Waals surface area contributed by atoms with Crippen LogP contribution in [-0.2, 0) is 16.0 Å². The Morgan fingerprint density at radius 1 is 1.32 bits per heavy atom. The topological polar surface area (TPSA) is 86.5 Å². The van der Waals surface area contributed by atoms with Crippen LogP contribution in [0.4, 0.5) is 0 Å². The largest absolute Gasteiger partial charge is 0.484 e. The van der Waals surface area contributed by atoms with Crippen LogP contribution in [0.5, 0.6) is 5.75 Å². The van der Waals surface area contributed by atoms with Crippen molar-refractivity contribution in [2.45, 2.75) is 38.7 Å². The zero-order valence-corrected chi connectivity index (χ0v) is 14.4. The third-order valence-electron chi connectivity index (χ3n) is 3.95. The number of aromatic nitrogens is 2. The second-order valence-electron chi connectivity index (χ2n) is 6.00. The Morgan fingerprint density at radius 3 is 2.88 bits per heavy atom. The number of nitrogens with zero attached hydrogens (tertiary/aromatic N) is 2. The summed E-state index contributed by atoms with van der Waals surface area (Å²) in [7, 11) is 0. The Balaban J connectivity index is 1.46. The molecule has 1 aromatic carbocycles. The molecule has 0 aliphatic carbocycles. The van der Waals surface area contributed by atoms with Crippen LogP contribution in [0.15, 0.2) is 28.7 Å². The monoisotopic (exact) mass is 345 g/mol. The van der Waals surface area contributed by atoms with Crippen LogP contribution < -0.4 is 10.1 Å². The number of nitrogens with one attached hydrogen (secondary N) is 1. The third-order valence-corrected chi connectivity index (χ3v) is 3.95. The van der Waals surface area contributed by atoms with Gasteiger partial charge in [-0.05, 0) is 43.5 Å². The maximum Gasteiger partial charge on any atom is 0.258 e. The summed E-state index contributed by atoms with van der Waals surface area (Å²) in [5, 5.41) is 10.9. The van der Waals surface area contributed by atoms with Gasteiger partial charge in [0.05, 0.1) is 6.10 Å². The van der Waals surface area contributed by atoms with Gasteiger partial charge in [-0.25, -0.2) is 0 Å². The van der Waals surface area contributed by atoms with Crippen LogP contribution in [0.2, 0.25) is 0 Å². The van der Waals surface area contributed by atoms with Gasteiger partial charge in [-0.1, -0.05) is 6.92 Å². The molecule has 25 heavy (non-hydrogen) atoms. The summed E-state index contributed by atoms with van der Waals surface area (Å²) in [4.78, 5) is 11.8. The van der Waals surface area contributed by atoms with Crippen molar-refractivity contribution in [3.63, 3.8) is 0 Å². The van der Waals surface area contributed by atoms with Crippen LogP contribution in [-0.4, -0.2) is 42.0 Å². The summed E-state index contributed by atoms with van der Waals surface area (Å²) in [5.41, 5.74) is 0.824. The van der Waals surface area contributed by atoms with Gasteiger partial charge in [0.2, 0.25) is 11.8 Å². The van der Waals surface area contributed by atoms with E-state index in [-0.39, 0.29) is 18.6 Å². The number of carbonyl (C=O) groups excluding carboxylic acids is 1. The molecular weight excluding hydrogens is 322 g/mol. The summed E-state index contributed by atoms with van der Waals surface area (Å²) in [6.07, 6.45) is 3.93. The Kier molecular flexibility index (Phi) is 6.00. The highest BCUT2D eigenvalue weighted by atomic mass is 16.5. The number of hydrogen-bond acceptors (Lipinski definition) is 6. The predicted molar refractivity (Wildman–Crippen MR) is 91.2 cm³/mol. The van der Waals surface area contributed by atoms with Gasteiger partial charge in [0.15, 0.2) is 6.61 Å². The van der Waals surface area contributed by atoms with Crippen LogP contribution in [0, 0.1) is 0 Å². The third kappa shape index (κ3) is 5.03. The molecule has 2 aromatic rings. The maximum atomic E-state index is 11.8. The van der Waals surface area contributed by atoms with E-state index in [1.807, 2.05) is 12.1 Å². The average Bonchev–Trinajstić information content (AvgIpc) is 3.31. The van der Waals surface area contributed by atoms with Gasteiger partial charge in [-0.15, -0.1) is 10.2 Å². The van der Waals surface area contributed by atoms with E-state index in [0.29, 0.717) is 24.1 Å². The number of amides is 1. The molecule has 7 nitrogen and oxygen atoms in total. The van der Waals surface area contributed by atoms with E-state index < -0.39 is 0 Å². The van der Waals surface area contributed by atoms with Crippen LogP contribution in [0.3, 0.4) is 0 Å². The van der Waals surface area contributed by atoms with Crippen molar-refractivity contribution in [3.05, 3.63) is 30.2 Å². The van der Waals surface area contributed by atoms with Crippen molar-refractivity contribution < 1.29 is 18.7 Å². The minimum atomic E-state index is -0.152. The minimum Gasteiger partial charge on any atom is -0.484 e. The van der Waals surface area contributed by atoms with E-state index in [9.17, 15) is 4.79 Å². The van der Waals surface area contributed by atoms with Crippen molar-refractivity contribution in [1.82, 2.24) is 15.5 Å². The summed E-state index contributed by atoms with van der Waals surface area (Å²) in [6.45, 7) is 3.36. The summed E-state index contributed by atoms with van der Waals surface area (Å²) in [5.74, 6) is 1.59. The lowest BCUT2D eigenvalue weighted by Crippen LogP contribution is -2.35. The first-order chi connectivity index (χ1) is 12.2. The second-order valence-corrected chi connectivity index (χ2v) is 6.00. The molecule has 1 atom stereocenters. The van der Waals surface area contributed by atoms with Crippen molar-refractivity contribution >= 4 is 5.91 Å². The first kappa shape index (κ1) is 17.4. The van der Waals surface area contributed by atoms with Gasteiger partial charge in [-0.2, -0.15) is 0 Å². The van der Waals surface area contributed by atoms with E-state index in [1.165, 1.54) is 0 Å². The Bertz CT molecular complexity index is 678. The molecule has 0 radical (unpaired) electrons. The number of hydrogen-bond donors (Lipinski definition) is 1. The highest BCUT2D eigenvalue weighted by Crippen LogP contribution is 2.21. The number of ether oxygens (including phenoxy) is 2. The average molecular weight is 345 g/mol. The number of benzene rings is 1. The standard InChI is InChI=1S/C18H23N3O4/c1-2-4-17-20-21-18(25-17)13-6-8-14(9-7-13)24-12-16(22)19-11-15-5-3-10-23-15/h6-9,15H,2-5,10-12H2,1H3,(H,19,22). The molecule has 1 unspecified atom stereocenters. The molecule has 7 heteroatoms. The van der Waals surface area contributed by atoms with Gasteiger partial charge in [-0.3, -0.25) is 4.79 Å². The summed E-state index contributed by atoms with van der Waals surface area (Å²) >= 11 is 0. The van der Waals surface area contributed by atoms with Crippen LogP contribution >= 0.6 is 0 Å². The van der Waals surface area contributed by atoms with Crippen LogP contribution in [0.1, 0.15) is 32.1 Å². The van der Waals surface area contributed by atoms with E-state index in [1.54, 1.807) is 12.1 Å². The molecule has 0 spiro atoms. The molecule has 1 saturated heterocycles. The van der Waals surface area contributed by atoms with Crippen molar-refractivity contribution in [2.24, 2.45) is 0 Å². The molecule has 3 rings (SSSR count). The maximum absolute atomic E-state index is 11.8. The van der Waals surface area contributed by atoms with E-state index in [0.717, 1.165) is 37.9 Å². The summed E-state index contributed by atoms with van der Waals surface area (Å²) < 4.78 is 16.6. The van der Waals surface area contributed by atoms with Crippen molar-refractivity contribution in [2.75, 3.05) is 19.8 Å². The van der Waals surface area contributed by atoms with Gasteiger partial charge in [0.1, 0.15) is 5.75 Å². The highest BCUT2D eigenvalue weighted by molar-refractivity contribution is 5.77. The molecule has 0 bridgehead atoms. The zero-order chi connectivity index (χ0) is 17.5. The predicted octanol–water partition coefficient (Wildman–Crippen LogP) is 2.36. The lowest BCUT2D eigenvalue weighted by Gasteiger charge is -2.11. The van der Waals surface area contributed by atoms with Gasteiger partial charge >= 0.3 is 0 Å². The quantitative estimate of drug-likeness (QED) is 0.790. The molecule has 1 aromatic heterocycles. The molecule has 134 valence electrons. The molecule has 1 aliphatic rings. The smallest absolute Gasteiger partial charge is 0.258 e. The lowest BCUT2D eigenvalue weighted by molar-refractivity contribution is -0.123. The number of rotatable bonds is 8. The lowest BCUT2D eigenvalue weighted by atomic mass is 10.2. The molecule has 1 amide bonds. The van der Waals surface area contributed by atoms with Gasteiger partial charge < -0.3 is 19.2 Å². The highest BCUT2D eigenvalue weighted by Gasteiger charge is 2.16. The number of carbonyl (C=O) groups is 1. The Labute approximate surface area is 146 Å². The fourth-order valence-corrected chi connectivity index (χ4v) is 2.61. The van der Waals surface area contributed by atoms with Gasteiger partial charge in [0, 0.05) is 25.1 Å². The fraction of sp³-hybridized carbons (Fsp3) is 0.500. The van der Waals surface area contributed by atoms with Crippen molar-refractivity contribution in [3.8, 4) is 17.2 Å². The molecule has 1 aliphatic heterocycles. The second kappa shape index (κ2) is 8.62. The zero-order valence-electron chi connectivity index (χ0n) is 14.4. The molecular formula is C18H23N3O4. The SMILES string of the molecule is CCCc1nnc(-c2ccc(OCC(=O)NCC3CCCO3)cc2)o1. The van der Waals surface area contributed by atoms with E-state index >= 15 is 0 Å². The first-order valence-corrected chi connectivity index (χ1v) is 8.68. The fourth-order valence-electron chi connectivity index (χ4n) is 2.61. The Hall–Kier alpha value is -2.41.